The lowest BCUT2D eigenvalue weighted by Crippen LogP contribution is -2.48. The molecule has 2 atom stereocenters. The molecule has 3 aromatic rings. The minimum atomic E-state index is -3.69. The van der Waals surface area contributed by atoms with Crippen LogP contribution in [0, 0.1) is 0 Å². The lowest BCUT2D eigenvalue weighted by atomic mass is 10.2. The molecule has 1 aliphatic heterocycles. The first-order chi connectivity index (χ1) is 18.2. The van der Waals surface area contributed by atoms with Crippen molar-refractivity contribution in [3.63, 3.8) is 0 Å². The molecular formula is C27H37ClN4O4S3. The number of morpholine rings is 1. The predicted molar refractivity (Wildman–Crippen MR) is 163 cm³/mol. The van der Waals surface area contributed by atoms with Gasteiger partial charge in [-0.2, -0.15) is 4.31 Å². The quantitative estimate of drug-likeness (QED) is 0.290. The molecule has 8 nitrogen and oxygen atoms in total. The number of carbonyl (C=O) groups is 1. The van der Waals surface area contributed by atoms with Gasteiger partial charge in [0.05, 0.1) is 27.3 Å². The van der Waals surface area contributed by atoms with Crippen LogP contribution in [0.1, 0.15) is 38.1 Å². The molecule has 0 saturated carbocycles. The van der Waals surface area contributed by atoms with Crippen molar-refractivity contribution in [2.45, 2.75) is 49.7 Å². The molecule has 1 fully saturated rings. The molecular weight excluding hydrogens is 576 g/mol. The molecule has 39 heavy (non-hydrogen) atoms. The normalized spacial score (nSPS) is 18.3. The van der Waals surface area contributed by atoms with Crippen molar-refractivity contribution in [2.75, 3.05) is 50.4 Å². The molecule has 4 rings (SSSR count). The van der Waals surface area contributed by atoms with Crippen LogP contribution < -0.4 is 4.90 Å². The molecule has 0 bridgehead atoms. The fraction of sp³-hybridized carbons (Fsp3) is 0.481. The van der Waals surface area contributed by atoms with Crippen molar-refractivity contribution in [1.82, 2.24) is 14.2 Å². The van der Waals surface area contributed by atoms with Crippen LogP contribution in [-0.4, -0.2) is 86.2 Å². The summed E-state index contributed by atoms with van der Waals surface area (Å²) in [4.78, 5) is 23.9. The van der Waals surface area contributed by atoms with E-state index in [0.29, 0.717) is 36.9 Å². The van der Waals surface area contributed by atoms with Crippen molar-refractivity contribution in [1.29, 1.82) is 0 Å². The van der Waals surface area contributed by atoms with E-state index in [-0.39, 0.29) is 35.4 Å². The molecule has 0 aliphatic carbocycles. The number of benzene rings is 2. The number of rotatable bonds is 10. The maximum Gasteiger partial charge on any atom is 0.260 e. The highest BCUT2D eigenvalue weighted by Gasteiger charge is 2.32. The van der Waals surface area contributed by atoms with Crippen LogP contribution >= 0.6 is 35.5 Å². The summed E-state index contributed by atoms with van der Waals surface area (Å²) in [5.74, 6) is -0.195. The number of sulfonamides is 1. The van der Waals surface area contributed by atoms with E-state index < -0.39 is 10.0 Å². The number of thiazole rings is 1. The van der Waals surface area contributed by atoms with Crippen LogP contribution in [0.5, 0.6) is 0 Å². The van der Waals surface area contributed by atoms with Gasteiger partial charge >= 0.3 is 0 Å². The fourth-order valence-electron chi connectivity index (χ4n) is 4.60. The molecule has 12 heteroatoms. The van der Waals surface area contributed by atoms with Gasteiger partial charge < -0.3 is 9.64 Å². The third kappa shape index (κ3) is 7.32. The number of carbonyl (C=O) groups excluding carboxylic acids is 1. The van der Waals surface area contributed by atoms with E-state index in [2.05, 4.69) is 24.8 Å². The van der Waals surface area contributed by atoms with E-state index in [1.807, 2.05) is 32.2 Å². The summed E-state index contributed by atoms with van der Waals surface area (Å²) in [5, 5.41) is 0.642. The van der Waals surface area contributed by atoms with Crippen LogP contribution in [0.4, 0.5) is 5.13 Å². The minimum Gasteiger partial charge on any atom is -0.373 e. The van der Waals surface area contributed by atoms with Gasteiger partial charge in [-0.1, -0.05) is 25.2 Å². The molecule has 1 aromatic heterocycles. The zero-order chi connectivity index (χ0) is 27.4. The molecule has 2 unspecified atom stereocenters. The van der Waals surface area contributed by atoms with E-state index in [1.54, 1.807) is 28.8 Å². The number of halogens is 1. The predicted octanol–water partition coefficient (Wildman–Crippen LogP) is 5.23. The number of aromatic nitrogens is 1. The number of thioether (sulfide) groups is 1. The maximum atomic E-state index is 13.8. The second-order valence-electron chi connectivity index (χ2n) is 9.42. The minimum absolute atomic E-state index is 0. The SMILES string of the molecule is CCN(CC)CCN(C(=O)c1ccc(S(=O)(=O)N2CC(C)OC(C)C2)cc1)c1nc2ccc(SC)cc2s1.Cl. The molecule has 0 radical (unpaired) electrons. The number of hydrogen-bond donors (Lipinski definition) is 0. The van der Waals surface area contributed by atoms with Gasteiger partial charge in [0, 0.05) is 36.6 Å². The molecule has 0 N–H and O–H groups in total. The smallest absolute Gasteiger partial charge is 0.260 e. The monoisotopic (exact) mass is 612 g/mol. The number of hydrogen-bond acceptors (Lipinski definition) is 8. The summed E-state index contributed by atoms with van der Waals surface area (Å²) >= 11 is 3.17. The van der Waals surface area contributed by atoms with E-state index in [4.69, 9.17) is 9.72 Å². The summed E-state index contributed by atoms with van der Waals surface area (Å²) in [7, 11) is -3.69. The van der Waals surface area contributed by atoms with Crippen LogP contribution in [0.3, 0.4) is 0 Å². The van der Waals surface area contributed by atoms with Crippen molar-refractivity contribution < 1.29 is 17.9 Å². The summed E-state index contributed by atoms with van der Waals surface area (Å²) in [6.07, 6.45) is 1.69. The van der Waals surface area contributed by atoms with Crippen LogP contribution in [0.2, 0.25) is 0 Å². The molecule has 0 spiro atoms. The second-order valence-corrected chi connectivity index (χ2v) is 13.2. The Hall–Kier alpha value is -1.73. The summed E-state index contributed by atoms with van der Waals surface area (Å²) < 4.78 is 34.7. The second kappa shape index (κ2) is 13.8. The Morgan fingerprint density at radius 1 is 1.08 bits per heavy atom. The molecule has 1 saturated heterocycles. The van der Waals surface area contributed by atoms with Gasteiger partial charge in [-0.3, -0.25) is 9.69 Å². The molecule has 1 amide bonds. The Morgan fingerprint density at radius 3 is 2.31 bits per heavy atom. The molecule has 214 valence electrons. The highest BCUT2D eigenvalue weighted by molar-refractivity contribution is 7.98. The van der Waals surface area contributed by atoms with Gasteiger partial charge in [-0.15, -0.1) is 24.2 Å². The Kier molecular flexibility index (Phi) is 11.2. The third-order valence-corrected chi connectivity index (χ3v) is 10.3. The van der Waals surface area contributed by atoms with Crippen molar-refractivity contribution in [3.05, 3.63) is 48.0 Å². The highest BCUT2D eigenvalue weighted by Crippen LogP contribution is 2.32. The van der Waals surface area contributed by atoms with E-state index >= 15 is 0 Å². The Balaban J connectivity index is 0.00000420. The van der Waals surface area contributed by atoms with Crippen molar-refractivity contribution in [2.24, 2.45) is 0 Å². The van der Waals surface area contributed by atoms with E-state index in [1.165, 1.54) is 27.8 Å². The Morgan fingerprint density at radius 2 is 1.72 bits per heavy atom. The van der Waals surface area contributed by atoms with Gasteiger partial charge in [0.15, 0.2) is 5.13 Å². The van der Waals surface area contributed by atoms with Crippen LogP contribution in [0.15, 0.2) is 52.3 Å². The topological polar surface area (TPSA) is 83.1 Å². The number of ether oxygens (including phenoxy) is 1. The summed E-state index contributed by atoms with van der Waals surface area (Å²) in [6, 6.07) is 12.4. The zero-order valence-corrected chi connectivity index (χ0v) is 26.3. The Bertz CT molecular complexity index is 1350. The number of fused-ring (bicyclic) bond motifs is 1. The van der Waals surface area contributed by atoms with Crippen molar-refractivity contribution >= 4 is 66.8 Å². The molecule has 2 heterocycles. The molecule has 2 aromatic carbocycles. The van der Waals surface area contributed by atoms with Gasteiger partial charge in [0.25, 0.3) is 5.91 Å². The third-order valence-electron chi connectivity index (χ3n) is 6.72. The summed E-state index contributed by atoms with van der Waals surface area (Å²) in [6.45, 7) is 11.5. The van der Waals surface area contributed by atoms with Crippen molar-refractivity contribution in [3.8, 4) is 0 Å². The molecule has 1 aliphatic rings. The summed E-state index contributed by atoms with van der Waals surface area (Å²) in [5.41, 5.74) is 1.29. The number of amides is 1. The average Bonchev–Trinajstić information content (AvgIpc) is 3.33. The van der Waals surface area contributed by atoms with E-state index in [9.17, 15) is 13.2 Å². The zero-order valence-electron chi connectivity index (χ0n) is 23.0. The lowest BCUT2D eigenvalue weighted by molar-refractivity contribution is -0.0440. The number of likely N-dealkylation sites (N-methyl/N-ethyl adjacent to an activating group) is 1. The van der Waals surface area contributed by atoms with Gasteiger partial charge in [0.2, 0.25) is 10.0 Å². The van der Waals surface area contributed by atoms with Crippen LogP contribution in [0.25, 0.3) is 10.2 Å². The lowest BCUT2D eigenvalue weighted by Gasteiger charge is -2.34. The highest BCUT2D eigenvalue weighted by atomic mass is 35.5. The van der Waals surface area contributed by atoms with Gasteiger partial charge in [0.1, 0.15) is 0 Å². The maximum absolute atomic E-state index is 13.8. The van der Waals surface area contributed by atoms with Gasteiger partial charge in [-0.25, -0.2) is 13.4 Å². The first kappa shape index (κ1) is 31.8. The van der Waals surface area contributed by atoms with E-state index in [0.717, 1.165) is 28.2 Å². The standard InChI is InChI=1S/C27H36N4O4S3.ClH/c1-6-29(7-2)14-15-31(27-28-24-13-10-22(36-5)16-25(24)37-27)26(32)21-8-11-23(12-9-21)38(33,34)30-17-19(3)35-20(4)18-30;/h8-13,16,19-20H,6-7,14-15,17-18H2,1-5H3;1H. The number of anilines is 1. The largest absolute Gasteiger partial charge is 0.373 e. The number of nitrogens with zero attached hydrogens (tertiary/aromatic N) is 4. The average molecular weight is 613 g/mol. The first-order valence-corrected chi connectivity index (χ1v) is 16.4. The van der Waals surface area contributed by atoms with Crippen LogP contribution in [-0.2, 0) is 14.8 Å². The fourth-order valence-corrected chi connectivity index (χ4v) is 7.74. The van der Waals surface area contributed by atoms with Gasteiger partial charge in [-0.05, 0) is 75.7 Å². The first-order valence-electron chi connectivity index (χ1n) is 12.9. The Labute approximate surface area is 246 Å².